The summed E-state index contributed by atoms with van der Waals surface area (Å²) in [5, 5.41) is 3.12. The van der Waals surface area contributed by atoms with E-state index in [0.29, 0.717) is 17.2 Å². The monoisotopic (exact) mass is 261 g/mol. The number of nitrogens with one attached hydrogen (secondary N) is 1. The lowest BCUT2D eigenvalue weighted by atomic mass is 9.94. The molecule has 1 fully saturated rings. The standard InChI is InChI=1S/C15H23N3O/c1-10-4-5-12(13(16)8-10)15(19)17-14-6-7-18(3)9-11(14)2/h4-5,8,11,14H,6-7,9,16H2,1-3H3,(H,17,19). The summed E-state index contributed by atoms with van der Waals surface area (Å²) in [6.07, 6.45) is 0.995. The van der Waals surface area contributed by atoms with Gasteiger partial charge in [0.15, 0.2) is 0 Å². The van der Waals surface area contributed by atoms with E-state index in [1.54, 1.807) is 6.07 Å². The van der Waals surface area contributed by atoms with Gasteiger partial charge in [0, 0.05) is 18.3 Å². The molecule has 1 aromatic carbocycles. The molecule has 2 atom stereocenters. The van der Waals surface area contributed by atoms with Crippen molar-refractivity contribution in [3.8, 4) is 0 Å². The molecule has 1 aliphatic heterocycles. The molecule has 1 aromatic rings. The number of nitrogens with two attached hydrogens (primary N) is 1. The van der Waals surface area contributed by atoms with E-state index in [4.69, 9.17) is 5.73 Å². The maximum atomic E-state index is 12.3. The number of hydrogen-bond donors (Lipinski definition) is 2. The maximum Gasteiger partial charge on any atom is 0.253 e. The molecule has 19 heavy (non-hydrogen) atoms. The van der Waals surface area contributed by atoms with Crippen molar-refractivity contribution >= 4 is 11.6 Å². The predicted molar refractivity (Wildman–Crippen MR) is 78.1 cm³/mol. The lowest BCUT2D eigenvalue weighted by Crippen LogP contribution is -2.48. The SMILES string of the molecule is Cc1ccc(C(=O)NC2CCN(C)CC2C)c(N)c1. The Morgan fingerprint density at radius 3 is 2.84 bits per heavy atom. The highest BCUT2D eigenvalue weighted by molar-refractivity contribution is 5.99. The molecule has 0 saturated carbocycles. The fourth-order valence-electron chi connectivity index (χ4n) is 2.70. The van der Waals surface area contributed by atoms with Crippen LogP contribution in [0.25, 0.3) is 0 Å². The maximum absolute atomic E-state index is 12.3. The van der Waals surface area contributed by atoms with Gasteiger partial charge in [0.05, 0.1) is 5.56 Å². The second-order valence-corrected chi connectivity index (χ2v) is 5.70. The largest absolute Gasteiger partial charge is 0.398 e. The third kappa shape index (κ3) is 3.26. The van der Waals surface area contributed by atoms with Crippen LogP contribution in [0.15, 0.2) is 18.2 Å². The van der Waals surface area contributed by atoms with E-state index in [2.05, 4.69) is 24.2 Å². The molecule has 0 bridgehead atoms. The van der Waals surface area contributed by atoms with E-state index in [9.17, 15) is 4.79 Å². The number of anilines is 1. The van der Waals surface area contributed by atoms with Crippen LogP contribution in [-0.4, -0.2) is 37.0 Å². The summed E-state index contributed by atoms with van der Waals surface area (Å²) < 4.78 is 0. The molecule has 1 heterocycles. The molecule has 4 nitrogen and oxygen atoms in total. The lowest BCUT2D eigenvalue weighted by molar-refractivity contribution is 0.0885. The molecule has 1 amide bonds. The van der Waals surface area contributed by atoms with Crippen LogP contribution >= 0.6 is 0 Å². The van der Waals surface area contributed by atoms with E-state index in [1.165, 1.54) is 0 Å². The quantitative estimate of drug-likeness (QED) is 0.796. The van der Waals surface area contributed by atoms with Gasteiger partial charge in [-0.05, 0) is 50.6 Å². The number of aryl methyl sites for hydroxylation is 1. The summed E-state index contributed by atoms with van der Waals surface area (Å²) in [7, 11) is 2.12. The van der Waals surface area contributed by atoms with Gasteiger partial charge < -0.3 is 16.0 Å². The van der Waals surface area contributed by atoms with Gasteiger partial charge in [-0.1, -0.05) is 13.0 Å². The van der Waals surface area contributed by atoms with Crippen molar-refractivity contribution < 1.29 is 4.79 Å². The number of benzene rings is 1. The van der Waals surface area contributed by atoms with E-state index in [1.807, 2.05) is 19.1 Å². The van der Waals surface area contributed by atoms with Crippen molar-refractivity contribution in [2.75, 3.05) is 25.9 Å². The zero-order valence-corrected chi connectivity index (χ0v) is 11.9. The number of nitrogen functional groups attached to an aromatic ring is 1. The number of carbonyl (C=O) groups excluding carboxylic acids is 1. The van der Waals surface area contributed by atoms with Gasteiger partial charge in [0.2, 0.25) is 0 Å². The van der Waals surface area contributed by atoms with Crippen LogP contribution in [0.2, 0.25) is 0 Å². The number of carbonyl (C=O) groups is 1. The highest BCUT2D eigenvalue weighted by Crippen LogP contribution is 2.18. The topological polar surface area (TPSA) is 58.4 Å². The molecule has 0 aliphatic carbocycles. The Labute approximate surface area is 115 Å². The Morgan fingerprint density at radius 1 is 1.47 bits per heavy atom. The molecule has 2 rings (SSSR count). The summed E-state index contributed by atoms with van der Waals surface area (Å²) in [5.41, 5.74) is 8.12. The summed E-state index contributed by atoms with van der Waals surface area (Å²) in [6, 6.07) is 5.81. The van der Waals surface area contributed by atoms with Gasteiger partial charge >= 0.3 is 0 Å². The first-order valence-electron chi connectivity index (χ1n) is 6.83. The molecule has 0 spiro atoms. The van der Waals surface area contributed by atoms with Crippen molar-refractivity contribution in [2.45, 2.75) is 26.3 Å². The van der Waals surface area contributed by atoms with Gasteiger partial charge in [0.25, 0.3) is 5.91 Å². The summed E-state index contributed by atoms with van der Waals surface area (Å²) in [4.78, 5) is 14.6. The molecule has 1 saturated heterocycles. The van der Waals surface area contributed by atoms with Crippen LogP contribution in [-0.2, 0) is 0 Å². The predicted octanol–water partition coefficient (Wildman–Crippen LogP) is 1.65. The minimum absolute atomic E-state index is 0.0566. The molecule has 0 radical (unpaired) electrons. The first-order chi connectivity index (χ1) is 8.97. The first-order valence-corrected chi connectivity index (χ1v) is 6.83. The third-order valence-electron chi connectivity index (χ3n) is 3.88. The number of nitrogens with zero attached hydrogens (tertiary/aromatic N) is 1. The molecule has 104 valence electrons. The number of likely N-dealkylation sites (tertiary alicyclic amines) is 1. The van der Waals surface area contributed by atoms with Gasteiger partial charge in [0.1, 0.15) is 0 Å². The van der Waals surface area contributed by atoms with Crippen LogP contribution in [0.3, 0.4) is 0 Å². The summed E-state index contributed by atoms with van der Waals surface area (Å²) in [6.45, 7) is 6.20. The normalized spacial score (nSPS) is 24.2. The Bertz CT molecular complexity index is 472. The smallest absolute Gasteiger partial charge is 0.253 e. The van der Waals surface area contributed by atoms with Gasteiger partial charge in [-0.2, -0.15) is 0 Å². The van der Waals surface area contributed by atoms with Crippen molar-refractivity contribution in [2.24, 2.45) is 5.92 Å². The Morgan fingerprint density at radius 2 is 2.21 bits per heavy atom. The van der Waals surface area contributed by atoms with E-state index >= 15 is 0 Å². The zero-order valence-electron chi connectivity index (χ0n) is 11.9. The average Bonchev–Trinajstić information content (AvgIpc) is 2.32. The van der Waals surface area contributed by atoms with Crippen LogP contribution in [0, 0.1) is 12.8 Å². The molecule has 1 aliphatic rings. The van der Waals surface area contributed by atoms with Crippen LogP contribution < -0.4 is 11.1 Å². The summed E-state index contributed by atoms with van der Waals surface area (Å²) >= 11 is 0. The Kier molecular flexibility index (Phi) is 4.10. The highest BCUT2D eigenvalue weighted by Gasteiger charge is 2.26. The highest BCUT2D eigenvalue weighted by atomic mass is 16.1. The second kappa shape index (κ2) is 5.61. The van der Waals surface area contributed by atoms with Crippen molar-refractivity contribution in [3.63, 3.8) is 0 Å². The molecule has 0 aromatic heterocycles. The molecule has 3 N–H and O–H groups in total. The van der Waals surface area contributed by atoms with E-state index in [0.717, 1.165) is 25.1 Å². The third-order valence-corrected chi connectivity index (χ3v) is 3.88. The zero-order chi connectivity index (χ0) is 14.0. The second-order valence-electron chi connectivity index (χ2n) is 5.70. The number of hydrogen-bond acceptors (Lipinski definition) is 3. The number of piperidine rings is 1. The van der Waals surface area contributed by atoms with Crippen molar-refractivity contribution in [1.82, 2.24) is 10.2 Å². The number of rotatable bonds is 2. The minimum atomic E-state index is -0.0566. The van der Waals surface area contributed by atoms with Crippen LogP contribution in [0.4, 0.5) is 5.69 Å². The summed E-state index contributed by atoms with van der Waals surface area (Å²) in [5.74, 6) is 0.410. The Balaban J connectivity index is 2.04. The van der Waals surface area contributed by atoms with Crippen molar-refractivity contribution in [3.05, 3.63) is 29.3 Å². The molecular weight excluding hydrogens is 238 g/mol. The fraction of sp³-hybridized carbons (Fsp3) is 0.533. The first kappa shape index (κ1) is 13.9. The van der Waals surface area contributed by atoms with E-state index < -0.39 is 0 Å². The minimum Gasteiger partial charge on any atom is -0.398 e. The Hall–Kier alpha value is -1.55. The van der Waals surface area contributed by atoms with Gasteiger partial charge in [-0.3, -0.25) is 4.79 Å². The van der Waals surface area contributed by atoms with Gasteiger partial charge in [-0.15, -0.1) is 0 Å². The molecular formula is C15H23N3O. The van der Waals surface area contributed by atoms with E-state index in [-0.39, 0.29) is 11.9 Å². The fourth-order valence-corrected chi connectivity index (χ4v) is 2.70. The number of amides is 1. The lowest BCUT2D eigenvalue weighted by Gasteiger charge is -2.35. The van der Waals surface area contributed by atoms with Gasteiger partial charge in [-0.25, -0.2) is 0 Å². The van der Waals surface area contributed by atoms with Crippen LogP contribution in [0.5, 0.6) is 0 Å². The molecule has 2 unspecified atom stereocenters. The average molecular weight is 261 g/mol. The molecule has 4 heteroatoms. The van der Waals surface area contributed by atoms with Crippen LogP contribution in [0.1, 0.15) is 29.3 Å². The van der Waals surface area contributed by atoms with Crippen molar-refractivity contribution in [1.29, 1.82) is 0 Å².